The topological polar surface area (TPSA) is 20.2 Å². The highest BCUT2D eigenvalue weighted by Crippen LogP contribution is 2.39. The number of hydrogen-bond acceptors (Lipinski definition) is 1. The Bertz CT molecular complexity index is 318. The Morgan fingerprint density at radius 2 is 1.50 bits per heavy atom. The van der Waals surface area contributed by atoms with Crippen LogP contribution < -0.4 is 0 Å². The van der Waals surface area contributed by atoms with Gasteiger partial charge in [-0.15, -0.1) is 0 Å². The lowest BCUT2D eigenvalue weighted by Crippen LogP contribution is -2.37. The van der Waals surface area contributed by atoms with Crippen molar-refractivity contribution in [3.05, 3.63) is 35.4 Å². The summed E-state index contributed by atoms with van der Waals surface area (Å²) < 4.78 is 0. The van der Waals surface area contributed by atoms with Gasteiger partial charge in [0.2, 0.25) is 0 Å². The van der Waals surface area contributed by atoms with Crippen molar-refractivity contribution in [3.8, 4) is 0 Å². The summed E-state index contributed by atoms with van der Waals surface area (Å²) in [5.74, 6) is 0. The van der Waals surface area contributed by atoms with Crippen LogP contribution >= 0.6 is 0 Å². The Hall–Kier alpha value is -0.820. The highest BCUT2D eigenvalue weighted by Gasteiger charge is 2.37. The Labute approximate surface area is 86.8 Å². The van der Waals surface area contributed by atoms with Gasteiger partial charge in [0.25, 0.3) is 0 Å². The summed E-state index contributed by atoms with van der Waals surface area (Å²) in [5, 5.41) is 10.5. The second kappa shape index (κ2) is 3.39. The molecule has 0 saturated heterocycles. The highest BCUT2D eigenvalue weighted by molar-refractivity contribution is 5.32. The molecular formula is C13H20O. The van der Waals surface area contributed by atoms with Crippen molar-refractivity contribution >= 4 is 0 Å². The van der Waals surface area contributed by atoms with Gasteiger partial charge in [-0.05, 0) is 30.4 Å². The van der Waals surface area contributed by atoms with Crippen LogP contribution in [0.1, 0.15) is 38.8 Å². The van der Waals surface area contributed by atoms with E-state index >= 15 is 0 Å². The molecule has 1 unspecified atom stereocenters. The van der Waals surface area contributed by atoms with E-state index in [0.29, 0.717) is 0 Å². The molecule has 1 aromatic rings. The van der Waals surface area contributed by atoms with Crippen molar-refractivity contribution in [2.45, 2.75) is 40.2 Å². The molecule has 0 fully saturated rings. The molecule has 1 N–H and O–H groups in total. The van der Waals surface area contributed by atoms with E-state index in [1.807, 2.05) is 38.1 Å². The zero-order chi connectivity index (χ0) is 11.0. The SMILES string of the molecule is Cc1ccccc1C(C)(O)C(C)(C)C. The average molecular weight is 192 g/mol. The van der Waals surface area contributed by atoms with Crippen LogP contribution in [-0.2, 0) is 5.60 Å². The number of aliphatic hydroxyl groups is 1. The summed E-state index contributed by atoms with van der Waals surface area (Å²) in [4.78, 5) is 0. The van der Waals surface area contributed by atoms with Gasteiger partial charge >= 0.3 is 0 Å². The predicted molar refractivity (Wildman–Crippen MR) is 60.2 cm³/mol. The van der Waals surface area contributed by atoms with Crippen LogP contribution in [0.3, 0.4) is 0 Å². The molecule has 78 valence electrons. The Morgan fingerprint density at radius 3 is 1.93 bits per heavy atom. The number of hydrogen-bond donors (Lipinski definition) is 1. The second-order valence-electron chi connectivity index (χ2n) is 5.14. The van der Waals surface area contributed by atoms with Gasteiger partial charge in [-0.2, -0.15) is 0 Å². The minimum Gasteiger partial charge on any atom is -0.385 e. The maximum absolute atomic E-state index is 10.5. The van der Waals surface area contributed by atoms with Crippen LogP contribution in [0.25, 0.3) is 0 Å². The standard InChI is InChI=1S/C13H20O/c1-10-8-6-7-9-11(10)13(5,14)12(2,3)4/h6-9,14H,1-5H3. The molecule has 0 amide bonds. The maximum Gasteiger partial charge on any atom is 0.0919 e. The molecule has 0 spiro atoms. The van der Waals surface area contributed by atoms with E-state index in [4.69, 9.17) is 0 Å². The largest absolute Gasteiger partial charge is 0.385 e. The first kappa shape index (κ1) is 11.3. The zero-order valence-corrected chi connectivity index (χ0v) is 9.76. The lowest BCUT2D eigenvalue weighted by molar-refractivity contribution is -0.0475. The van der Waals surface area contributed by atoms with Gasteiger partial charge in [0.05, 0.1) is 5.60 Å². The molecule has 0 heterocycles. The van der Waals surface area contributed by atoms with E-state index in [9.17, 15) is 5.11 Å². The van der Waals surface area contributed by atoms with Crippen LogP contribution in [0.2, 0.25) is 0 Å². The molecule has 1 heteroatoms. The lowest BCUT2D eigenvalue weighted by atomic mass is 9.72. The monoisotopic (exact) mass is 192 g/mol. The van der Waals surface area contributed by atoms with Crippen LogP contribution in [-0.4, -0.2) is 5.11 Å². The first-order chi connectivity index (χ1) is 6.27. The van der Waals surface area contributed by atoms with Crippen LogP contribution in [0.4, 0.5) is 0 Å². The molecule has 0 aromatic heterocycles. The van der Waals surface area contributed by atoms with Crippen molar-refractivity contribution in [1.29, 1.82) is 0 Å². The van der Waals surface area contributed by atoms with Crippen molar-refractivity contribution in [2.24, 2.45) is 5.41 Å². The number of rotatable bonds is 1. The van der Waals surface area contributed by atoms with E-state index in [1.54, 1.807) is 0 Å². The Morgan fingerprint density at radius 1 is 1.00 bits per heavy atom. The van der Waals surface area contributed by atoms with E-state index in [1.165, 1.54) is 0 Å². The molecule has 0 saturated carbocycles. The van der Waals surface area contributed by atoms with Crippen molar-refractivity contribution in [3.63, 3.8) is 0 Å². The summed E-state index contributed by atoms with van der Waals surface area (Å²) in [6, 6.07) is 8.01. The molecular weight excluding hydrogens is 172 g/mol. The normalized spacial score (nSPS) is 16.4. The Kier molecular flexibility index (Phi) is 2.73. The summed E-state index contributed by atoms with van der Waals surface area (Å²) in [5.41, 5.74) is 1.23. The first-order valence-electron chi connectivity index (χ1n) is 5.05. The van der Waals surface area contributed by atoms with E-state index in [2.05, 4.69) is 20.8 Å². The van der Waals surface area contributed by atoms with Crippen molar-refractivity contribution in [2.75, 3.05) is 0 Å². The van der Waals surface area contributed by atoms with Gasteiger partial charge in [0.1, 0.15) is 0 Å². The molecule has 0 aliphatic carbocycles. The minimum atomic E-state index is -0.779. The maximum atomic E-state index is 10.5. The van der Waals surface area contributed by atoms with Crippen molar-refractivity contribution < 1.29 is 5.11 Å². The highest BCUT2D eigenvalue weighted by atomic mass is 16.3. The second-order valence-corrected chi connectivity index (χ2v) is 5.14. The molecule has 1 atom stereocenters. The summed E-state index contributed by atoms with van der Waals surface area (Å²) >= 11 is 0. The van der Waals surface area contributed by atoms with E-state index in [0.717, 1.165) is 11.1 Å². The average Bonchev–Trinajstić information content (AvgIpc) is 2.02. The lowest BCUT2D eigenvalue weighted by Gasteiger charge is -2.38. The molecule has 1 nitrogen and oxygen atoms in total. The first-order valence-corrected chi connectivity index (χ1v) is 5.05. The third kappa shape index (κ3) is 1.83. The third-order valence-electron chi connectivity index (χ3n) is 3.13. The van der Waals surface area contributed by atoms with Gasteiger partial charge in [-0.1, -0.05) is 45.0 Å². The van der Waals surface area contributed by atoms with Gasteiger partial charge in [0.15, 0.2) is 0 Å². The number of benzene rings is 1. The van der Waals surface area contributed by atoms with Crippen LogP contribution in [0, 0.1) is 12.3 Å². The molecule has 0 radical (unpaired) electrons. The quantitative estimate of drug-likeness (QED) is 0.724. The minimum absolute atomic E-state index is 0.154. The fraction of sp³-hybridized carbons (Fsp3) is 0.538. The van der Waals surface area contributed by atoms with Gasteiger partial charge in [-0.25, -0.2) is 0 Å². The van der Waals surface area contributed by atoms with Gasteiger partial charge < -0.3 is 5.11 Å². The molecule has 0 aliphatic heterocycles. The zero-order valence-electron chi connectivity index (χ0n) is 9.76. The van der Waals surface area contributed by atoms with Gasteiger partial charge in [0, 0.05) is 0 Å². The van der Waals surface area contributed by atoms with Crippen molar-refractivity contribution in [1.82, 2.24) is 0 Å². The van der Waals surface area contributed by atoms with E-state index < -0.39 is 5.60 Å². The predicted octanol–water partition coefficient (Wildman–Crippen LogP) is 3.25. The van der Waals surface area contributed by atoms with E-state index in [-0.39, 0.29) is 5.41 Å². The number of aryl methyl sites for hydroxylation is 1. The summed E-state index contributed by atoms with van der Waals surface area (Å²) in [6.45, 7) is 10.1. The third-order valence-corrected chi connectivity index (χ3v) is 3.13. The molecule has 1 aromatic carbocycles. The molecule has 0 aliphatic rings. The van der Waals surface area contributed by atoms with Crippen LogP contribution in [0.5, 0.6) is 0 Å². The van der Waals surface area contributed by atoms with Crippen LogP contribution in [0.15, 0.2) is 24.3 Å². The molecule has 1 rings (SSSR count). The van der Waals surface area contributed by atoms with Gasteiger partial charge in [-0.3, -0.25) is 0 Å². The fourth-order valence-corrected chi connectivity index (χ4v) is 1.52. The Balaban J connectivity index is 3.23. The summed E-state index contributed by atoms with van der Waals surface area (Å²) in [7, 11) is 0. The smallest absolute Gasteiger partial charge is 0.0919 e. The molecule has 14 heavy (non-hydrogen) atoms. The fourth-order valence-electron chi connectivity index (χ4n) is 1.52. The summed E-state index contributed by atoms with van der Waals surface area (Å²) in [6.07, 6.45) is 0. The molecule has 0 bridgehead atoms.